The Bertz CT molecular complexity index is 533. The molecular formula is C19H30N2O. The topological polar surface area (TPSA) is 32.7 Å². The van der Waals surface area contributed by atoms with E-state index in [9.17, 15) is 4.79 Å². The van der Waals surface area contributed by atoms with Gasteiger partial charge in [-0.2, -0.15) is 5.10 Å². The second-order valence-corrected chi connectivity index (χ2v) is 8.49. The minimum atomic E-state index is -0.162. The second-order valence-electron chi connectivity index (χ2n) is 8.49. The number of nitrogens with zero attached hydrogens (tertiary/aromatic N) is 2. The largest absolute Gasteiger partial charge is 0.296 e. The van der Waals surface area contributed by atoms with E-state index < -0.39 is 0 Å². The second kappa shape index (κ2) is 6.02. The molecule has 1 fully saturated rings. The highest BCUT2D eigenvalue weighted by Gasteiger charge is 2.32. The number of hydrogen-bond acceptors (Lipinski definition) is 3. The normalized spacial score (nSPS) is 22.7. The van der Waals surface area contributed by atoms with Gasteiger partial charge in [-0.1, -0.05) is 47.6 Å². The zero-order chi connectivity index (χ0) is 16.5. The van der Waals surface area contributed by atoms with Gasteiger partial charge in [-0.3, -0.25) is 9.80 Å². The molecule has 0 N–H and O–H groups in total. The highest BCUT2D eigenvalue weighted by Crippen LogP contribution is 2.36. The molecule has 1 saturated heterocycles. The molecule has 1 heterocycles. The third kappa shape index (κ3) is 3.88. The Labute approximate surface area is 135 Å². The van der Waals surface area contributed by atoms with Crippen LogP contribution in [0.4, 0.5) is 0 Å². The number of carbonyl (C=O) groups is 1. The number of hydrogen-bond donors (Lipinski definition) is 0. The lowest BCUT2D eigenvalue weighted by molar-refractivity contribution is -0.110. The van der Waals surface area contributed by atoms with Gasteiger partial charge in [0.1, 0.15) is 5.71 Å². The maximum Gasteiger partial charge on any atom is 0.209 e. The van der Waals surface area contributed by atoms with Gasteiger partial charge in [0.15, 0.2) is 0 Å². The first kappa shape index (κ1) is 17.0. The van der Waals surface area contributed by atoms with Gasteiger partial charge < -0.3 is 0 Å². The molecule has 2 rings (SSSR count). The van der Waals surface area contributed by atoms with Crippen molar-refractivity contribution in [2.75, 3.05) is 13.1 Å². The van der Waals surface area contributed by atoms with E-state index >= 15 is 0 Å². The Hall–Kier alpha value is -1.38. The lowest BCUT2D eigenvalue weighted by Crippen LogP contribution is -2.32. The summed E-state index contributed by atoms with van der Waals surface area (Å²) in [4.78, 5) is 12.8. The average molecular weight is 302 g/mol. The van der Waals surface area contributed by atoms with E-state index in [1.54, 1.807) is 0 Å². The molecule has 0 aromatic rings. The van der Waals surface area contributed by atoms with Crippen LogP contribution in [0.2, 0.25) is 0 Å². The number of Topliss-reactive ketones (excluding diaryl/α,β-unsaturated/α-hetero) is 1. The molecule has 0 unspecified atom stereocenters. The van der Waals surface area contributed by atoms with Gasteiger partial charge >= 0.3 is 0 Å². The first-order valence-electron chi connectivity index (χ1n) is 8.41. The molecule has 0 radical (unpaired) electrons. The molecule has 2 aliphatic rings. The van der Waals surface area contributed by atoms with E-state index in [-0.39, 0.29) is 16.6 Å². The zero-order valence-corrected chi connectivity index (χ0v) is 15.0. The predicted molar refractivity (Wildman–Crippen MR) is 92.9 cm³/mol. The van der Waals surface area contributed by atoms with Crippen LogP contribution in [0.25, 0.3) is 0 Å². The Kier molecular flexibility index (Phi) is 4.65. The van der Waals surface area contributed by atoms with Gasteiger partial charge in [0, 0.05) is 18.7 Å². The summed E-state index contributed by atoms with van der Waals surface area (Å²) in [5.41, 5.74) is 2.52. The molecule has 3 heteroatoms. The van der Waals surface area contributed by atoms with Crippen molar-refractivity contribution in [1.82, 2.24) is 5.01 Å². The molecule has 0 saturated carbocycles. The van der Waals surface area contributed by atoms with Crippen molar-refractivity contribution in [1.29, 1.82) is 0 Å². The average Bonchev–Trinajstić information content (AvgIpc) is 2.39. The first-order chi connectivity index (χ1) is 10.1. The maximum atomic E-state index is 12.8. The smallest absolute Gasteiger partial charge is 0.209 e. The van der Waals surface area contributed by atoms with E-state index in [0.29, 0.717) is 5.71 Å². The van der Waals surface area contributed by atoms with E-state index in [2.05, 4.69) is 57.7 Å². The van der Waals surface area contributed by atoms with Crippen molar-refractivity contribution in [3.8, 4) is 0 Å². The first-order valence-corrected chi connectivity index (χ1v) is 8.41. The fourth-order valence-electron chi connectivity index (χ4n) is 2.81. The molecule has 1 aliphatic heterocycles. The Morgan fingerprint density at radius 1 is 0.909 bits per heavy atom. The van der Waals surface area contributed by atoms with Gasteiger partial charge in [-0.05, 0) is 41.7 Å². The van der Waals surface area contributed by atoms with Crippen molar-refractivity contribution in [3.63, 3.8) is 0 Å². The molecule has 0 aromatic heterocycles. The minimum Gasteiger partial charge on any atom is -0.296 e. The molecule has 0 amide bonds. The number of rotatable bonds is 1. The number of carbonyl (C=O) groups excluding carboxylic acids is 1. The quantitative estimate of drug-likeness (QED) is 0.674. The summed E-state index contributed by atoms with van der Waals surface area (Å²) in [5, 5.41) is 6.76. The summed E-state index contributed by atoms with van der Waals surface area (Å²) < 4.78 is 0. The maximum absolute atomic E-state index is 12.8. The molecule has 1 aliphatic carbocycles. The van der Waals surface area contributed by atoms with E-state index in [1.165, 1.54) is 24.8 Å². The van der Waals surface area contributed by atoms with Gasteiger partial charge in [0.05, 0.1) is 0 Å². The van der Waals surface area contributed by atoms with Crippen LogP contribution in [0.1, 0.15) is 60.8 Å². The summed E-state index contributed by atoms with van der Waals surface area (Å²) in [7, 11) is 0. The van der Waals surface area contributed by atoms with Crippen LogP contribution in [0.5, 0.6) is 0 Å². The highest BCUT2D eigenvalue weighted by atomic mass is 16.1. The standard InChI is InChI=1S/C19H30N2O/c1-18(2,3)14-12-15(19(4,5)6)17(22)16(13-14)20-21-10-8-7-9-11-21/h12-13H,7-11H2,1-6H3. The number of piperidine rings is 1. The zero-order valence-electron chi connectivity index (χ0n) is 15.0. The molecule has 0 atom stereocenters. The lowest BCUT2D eigenvalue weighted by Gasteiger charge is -2.31. The summed E-state index contributed by atoms with van der Waals surface area (Å²) >= 11 is 0. The van der Waals surface area contributed by atoms with Gasteiger partial charge in [-0.15, -0.1) is 0 Å². The molecule has 122 valence electrons. The fourth-order valence-corrected chi connectivity index (χ4v) is 2.81. The van der Waals surface area contributed by atoms with Crippen LogP contribution < -0.4 is 0 Å². The van der Waals surface area contributed by atoms with Crippen molar-refractivity contribution in [3.05, 3.63) is 23.3 Å². The van der Waals surface area contributed by atoms with Crippen molar-refractivity contribution in [2.45, 2.75) is 60.8 Å². The lowest BCUT2D eigenvalue weighted by atomic mass is 9.74. The number of allylic oxidation sites excluding steroid dienone is 4. The monoisotopic (exact) mass is 302 g/mol. The summed E-state index contributed by atoms with van der Waals surface area (Å²) in [6.45, 7) is 14.8. The predicted octanol–water partition coefficient (Wildman–Crippen LogP) is 4.36. The Balaban J connectivity index is 2.41. The van der Waals surface area contributed by atoms with Gasteiger partial charge in [-0.25, -0.2) is 0 Å². The number of ketones is 1. The van der Waals surface area contributed by atoms with Crippen LogP contribution >= 0.6 is 0 Å². The van der Waals surface area contributed by atoms with Crippen molar-refractivity contribution >= 4 is 11.5 Å². The van der Waals surface area contributed by atoms with Gasteiger partial charge in [0.2, 0.25) is 5.78 Å². The van der Waals surface area contributed by atoms with Crippen molar-refractivity contribution < 1.29 is 4.79 Å². The Morgan fingerprint density at radius 2 is 1.50 bits per heavy atom. The minimum absolute atomic E-state index is 0.0138. The third-order valence-electron chi connectivity index (χ3n) is 4.32. The van der Waals surface area contributed by atoms with Crippen LogP contribution in [-0.4, -0.2) is 29.6 Å². The van der Waals surface area contributed by atoms with E-state index in [0.717, 1.165) is 18.7 Å². The van der Waals surface area contributed by atoms with Crippen LogP contribution in [0, 0.1) is 10.8 Å². The molecule has 0 aromatic carbocycles. The van der Waals surface area contributed by atoms with Gasteiger partial charge in [0.25, 0.3) is 0 Å². The van der Waals surface area contributed by atoms with E-state index in [4.69, 9.17) is 0 Å². The fraction of sp³-hybridized carbons (Fsp3) is 0.684. The summed E-state index contributed by atoms with van der Waals surface area (Å²) in [5.74, 6) is 0.0890. The molecule has 0 spiro atoms. The number of hydrazone groups is 1. The summed E-state index contributed by atoms with van der Waals surface area (Å²) in [6, 6.07) is 0. The van der Waals surface area contributed by atoms with Crippen molar-refractivity contribution in [2.24, 2.45) is 15.9 Å². The SMILES string of the molecule is CC(C)(C)C1=CC(=NN2CCCCC2)C(=O)C(C(C)(C)C)=C1. The molecule has 22 heavy (non-hydrogen) atoms. The molecule has 0 bridgehead atoms. The van der Waals surface area contributed by atoms with Crippen LogP contribution in [0.15, 0.2) is 28.4 Å². The van der Waals surface area contributed by atoms with Crippen LogP contribution in [0.3, 0.4) is 0 Å². The third-order valence-corrected chi connectivity index (χ3v) is 4.32. The molecular weight excluding hydrogens is 272 g/mol. The van der Waals surface area contributed by atoms with E-state index in [1.807, 2.05) is 6.08 Å². The highest BCUT2D eigenvalue weighted by molar-refractivity contribution is 6.50. The Morgan fingerprint density at radius 3 is 2.00 bits per heavy atom. The molecule has 3 nitrogen and oxygen atoms in total. The van der Waals surface area contributed by atoms with Crippen LogP contribution in [-0.2, 0) is 4.79 Å². The summed E-state index contributed by atoms with van der Waals surface area (Å²) in [6.07, 6.45) is 7.68.